The van der Waals surface area contributed by atoms with Gasteiger partial charge in [-0.2, -0.15) is 0 Å². The maximum atomic E-state index is 6.40. The van der Waals surface area contributed by atoms with E-state index in [9.17, 15) is 0 Å². The molecule has 0 N–H and O–H groups in total. The monoisotopic (exact) mass is 379 g/mol. The van der Waals surface area contributed by atoms with Gasteiger partial charge in [-0.15, -0.1) is 0 Å². The normalized spacial score (nSPS) is 10.9. The highest BCUT2D eigenvalue weighted by Crippen LogP contribution is 2.37. The van der Waals surface area contributed by atoms with Crippen molar-refractivity contribution in [2.75, 3.05) is 7.11 Å². The molecule has 0 fully saturated rings. The van der Waals surface area contributed by atoms with Crippen LogP contribution >= 0.6 is 0 Å². The number of nitrogens with zero attached hydrogens (tertiary/aromatic N) is 3. The molecule has 2 aromatic carbocycles. The van der Waals surface area contributed by atoms with Gasteiger partial charge >= 0.3 is 0 Å². The van der Waals surface area contributed by atoms with Gasteiger partial charge in [0.05, 0.1) is 12.6 Å². The fourth-order valence-electron chi connectivity index (χ4n) is 3.30. The van der Waals surface area contributed by atoms with Crippen molar-refractivity contribution in [2.24, 2.45) is 0 Å². The lowest BCUT2D eigenvalue weighted by Crippen LogP contribution is -1.95. The second-order valence-corrected chi connectivity index (χ2v) is 6.55. The molecule has 0 bridgehead atoms. The largest absolute Gasteiger partial charge is 0.497 e. The van der Waals surface area contributed by atoms with E-state index in [2.05, 4.69) is 9.97 Å². The molecule has 0 aliphatic rings. The molecule has 5 nitrogen and oxygen atoms in total. The van der Waals surface area contributed by atoms with Crippen LogP contribution in [0, 0.1) is 0 Å². The Labute approximate surface area is 167 Å². The second kappa shape index (κ2) is 7.20. The Balaban J connectivity index is 1.70. The standard InChI is InChI=1S/C24H17N3O2/c1-28-18-9-10-20-19(15-18)21(11-13-25-20)29-22-14-17-8-5-12-26-24(17)27-23(22)16-6-3-2-4-7-16/h2-15H,1H3. The summed E-state index contributed by atoms with van der Waals surface area (Å²) in [6.07, 6.45) is 3.48. The zero-order valence-electron chi connectivity index (χ0n) is 15.7. The summed E-state index contributed by atoms with van der Waals surface area (Å²) in [6.45, 7) is 0. The Morgan fingerprint density at radius 1 is 0.759 bits per heavy atom. The van der Waals surface area contributed by atoms with E-state index < -0.39 is 0 Å². The van der Waals surface area contributed by atoms with Gasteiger partial charge in [-0.25, -0.2) is 9.97 Å². The molecule has 0 saturated carbocycles. The molecule has 0 spiro atoms. The number of fused-ring (bicyclic) bond motifs is 2. The highest BCUT2D eigenvalue weighted by Gasteiger charge is 2.14. The molecule has 0 saturated heterocycles. The van der Waals surface area contributed by atoms with E-state index in [1.165, 1.54) is 0 Å². The number of benzene rings is 2. The molecular weight excluding hydrogens is 362 g/mol. The third kappa shape index (κ3) is 3.23. The number of hydrogen-bond donors (Lipinski definition) is 0. The second-order valence-electron chi connectivity index (χ2n) is 6.55. The maximum Gasteiger partial charge on any atom is 0.160 e. The molecule has 5 aromatic rings. The molecule has 0 amide bonds. The van der Waals surface area contributed by atoms with Crippen LogP contribution in [0.15, 0.2) is 85.2 Å². The number of hydrogen-bond acceptors (Lipinski definition) is 5. The van der Waals surface area contributed by atoms with E-state index >= 15 is 0 Å². The minimum absolute atomic E-state index is 0.659. The van der Waals surface area contributed by atoms with Gasteiger partial charge in [0, 0.05) is 28.7 Å². The van der Waals surface area contributed by atoms with E-state index in [0.717, 1.165) is 33.3 Å². The minimum Gasteiger partial charge on any atom is -0.497 e. The average Bonchev–Trinajstić information content (AvgIpc) is 2.79. The van der Waals surface area contributed by atoms with Crippen molar-refractivity contribution in [3.8, 4) is 28.5 Å². The van der Waals surface area contributed by atoms with Crippen LogP contribution in [0.2, 0.25) is 0 Å². The lowest BCUT2D eigenvalue weighted by molar-refractivity contribution is 0.415. The lowest BCUT2D eigenvalue weighted by Gasteiger charge is -2.14. The minimum atomic E-state index is 0.659. The van der Waals surface area contributed by atoms with Crippen molar-refractivity contribution in [2.45, 2.75) is 0 Å². The van der Waals surface area contributed by atoms with Crippen molar-refractivity contribution in [3.63, 3.8) is 0 Å². The summed E-state index contributed by atoms with van der Waals surface area (Å²) in [6, 6.07) is 23.4. The van der Waals surface area contributed by atoms with Crippen molar-refractivity contribution < 1.29 is 9.47 Å². The highest BCUT2D eigenvalue weighted by atomic mass is 16.5. The SMILES string of the molecule is COc1ccc2nccc(Oc3cc4cccnc4nc3-c3ccccc3)c2c1. The van der Waals surface area contributed by atoms with E-state index in [4.69, 9.17) is 14.5 Å². The summed E-state index contributed by atoms with van der Waals surface area (Å²) < 4.78 is 11.8. The van der Waals surface area contributed by atoms with E-state index in [1.807, 2.05) is 72.8 Å². The first-order valence-electron chi connectivity index (χ1n) is 9.23. The number of pyridine rings is 3. The predicted octanol–water partition coefficient (Wildman–Crippen LogP) is 5.65. The first-order chi connectivity index (χ1) is 14.3. The average molecular weight is 379 g/mol. The van der Waals surface area contributed by atoms with Gasteiger partial charge in [0.2, 0.25) is 0 Å². The molecule has 0 atom stereocenters. The lowest BCUT2D eigenvalue weighted by atomic mass is 10.1. The Morgan fingerprint density at radius 2 is 1.66 bits per heavy atom. The van der Waals surface area contributed by atoms with Crippen molar-refractivity contribution >= 4 is 21.9 Å². The van der Waals surface area contributed by atoms with Gasteiger partial charge in [-0.3, -0.25) is 4.98 Å². The molecule has 0 unspecified atom stereocenters. The van der Waals surface area contributed by atoms with Crippen LogP contribution in [-0.4, -0.2) is 22.1 Å². The van der Waals surface area contributed by atoms with Crippen LogP contribution in [-0.2, 0) is 0 Å². The van der Waals surface area contributed by atoms with E-state index in [0.29, 0.717) is 17.1 Å². The predicted molar refractivity (Wildman–Crippen MR) is 113 cm³/mol. The molecule has 0 aliphatic heterocycles. The van der Waals surface area contributed by atoms with E-state index in [1.54, 1.807) is 19.5 Å². The molecule has 140 valence electrons. The van der Waals surface area contributed by atoms with Crippen LogP contribution in [0.1, 0.15) is 0 Å². The van der Waals surface area contributed by atoms with Crippen LogP contribution in [0.3, 0.4) is 0 Å². The quantitative estimate of drug-likeness (QED) is 0.404. The molecule has 5 rings (SSSR count). The molecule has 0 radical (unpaired) electrons. The summed E-state index contributed by atoms with van der Waals surface area (Å²) in [7, 11) is 1.64. The Kier molecular flexibility index (Phi) is 4.26. The number of rotatable bonds is 4. The summed E-state index contributed by atoms with van der Waals surface area (Å²) in [5, 5.41) is 1.79. The third-order valence-corrected chi connectivity index (χ3v) is 4.73. The summed E-state index contributed by atoms with van der Waals surface area (Å²) >= 11 is 0. The summed E-state index contributed by atoms with van der Waals surface area (Å²) in [5.41, 5.74) is 3.22. The first kappa shape index (κ1) is 17.1. The van der Waals surface area contributed by atoms with Gasteiger partial charge < -0.3 is 9.47 Å². The molecule has 29 heavy (non-hydrogen) atoms. The fourth-order valence-corrected chi connectivity index (χ4v) is 3.30. The number of aromatic nitrogens is 3. The Hall–Kier alpha value is -3.99. The van der Waals surface area contributed by atoms with Crippen LogP contribution in [0.25, 0.3) is 33.2 Å². The van der Waals surface area contributed by atoms with Crippen LogP contribution < -0.4 is 9.47 Å². The highest BCUT2D eigenvalue weighted by molar-refractivity contribution is 5.87. The number of ether oxygens (including phenoxy) is 2. The zero-order chi connectivity index (χ0) is 19.6. The Morgan fingerprint density at radius 3 is 2.52 bits per heavy atom. The van der Waals surface area contributed by atoms with E-state index in [-0.39, 0.29) is 0 Å². The van der Waals surface area contributed by atoms with Crippen molar-refractivity contribution in [1.29, 1.82) is 0 Å². The number of methoxy groups -OCH3 is 1. The van der Waals surface area contributed by atoms with Gasteiger partial charge in [-0.05, 0) is 42.5 Å². The molecular formula is C24H17N3O2. The Bertz CT molecular complexity index is 1320. The maximum absolute atomic E-state index is 6.40. The fraction of sp³-hybridized carbons (Fsp3) is 0.0417. The topological polar surface area (TPSA) is 57.1 Å². The zero-order valence-corrected chi connectivity index (χ0v) is 15.7. The van der Waals surface area contributed by atoms with Gasteiger partial charge in [0.1, 0.15) is 17.2 Å². The van der Waals surface area contributed by atoms with Gasteiger partial charge in [0.25, 0.3) is 0 Å². The van der Waals surface area contributed by atoms with Crippen molar-refractivity contribution in [3.05, 3.63) is 85.2 Å². The molecule has 0 aliphatic carbocycles. The third-order valence-electron chi connectivity index (χ3n) is 4.73. The molecule has 3 aromatic heterocycles. The van der Waals surface area contributed by atoms with Gasteiger partial charge in [0.15, 0.2) is 11.4 Å². The van der Waals surface area contributed by atoms with Gasteiger partial charge in [-0.1, -0.05) is 30.3 Å². The first-order valence-corrected chi connectivity index (χ1v) is 9.23. The molecule has 3 heterocycles. The van der Waals surface area contributed by atoms with Crippen molar-refractivity contribution in [1.82, 2.24) is 15.0 Å². The smallest absolute Gasteiger partial charge is 0.160 e. The summed E-state index contributed by atoms with van der Waals surface area (Å²) in [5.74, 6) is 2.10. The van der Waals surface area contributed by atoms with Crippen LogP contribution in [0.4, 0.5) is 0 Å². The van der Waals surface area contributed by atoms with Crippen LogP contribution in [0.5, 0.6) is 17.2 Å². The summed E-state index contributed by atoms with van der Waals surface area (Å²) in [4.78, 5) is 13.6. The molecule has 5 heteroatoms.